The average molecular weight is 221 g/mol. The molecule has 0 aliphatic rings. The molecule has 0 heterocycles. The van der Waals surface area contributed by atoms with Crippen molar-refractivity contribution >= 4 is 5.91 Å². The van der Waals surface area contributed by atoms with Crippen LogP contribution in [-0.2, 0) is 11.2 Å². The van der Waals surface area contributed by atoms with Crippen molar-refractivity contribution < 1.29 is 9.53 Å². The first-order valence-corrected chi connectivity index (χ1v) is 5.71. The Kier molecular flexibility index (Phi) is 4.83. The number of amides is 1. The summed E-state index contributed by atoms with van der Waals surface area (Å²) in [6.07, 6.45) is 0.450. The number of likely N-dealkylation sites (N-methyl/N-ethyl adjacent to an activating group) is 1. The molecule has 1 aromatic rings. The van der Waals surface area contributed by atoms with Gasteiger partial charge in [-0.1, -0.05) is 25.1 Å². The maximum absolute atomic E-state index is 11.5. The van der Waals surface area contributed by atoms with Crippen LogP contribution in [0.3, 0.4) is 0 Å². The molecule has 88 valence electrons. The summed E-state index contributed by atoms with van der Waals surface area (Å²) < 4.78 is 5.64. The molecule has 1 N–H and O–H groups in total. The van der Waals surface area contributed by atoms with E-state index in [0.717, 1.165) is 17.7 Å². The highest BCUT2D eigenvalue weighted by Crippen LogP contribution is 2.19. The minimum atomic E-state index is -0.451. The molecular weight excluding hydrogens is 202 g/mol. The number of hydrogen-bond donors (Lipinski definition) is 1. The average Bonchev–Trinajstić information content (AvgIpc) is 2.30. The molecule has 1 unspecified atom stereocenters. The van der Waals surface area contributed by atoms with E-state index in [4.69, 9.17) is 4.74 Å². The highest BCUT2D eigenvalue weighted by atomic mass is 16.5. The van der Waals surface area contributed by atoms with Crippen LogP contribution in [0.2, 0.25) is 0 Å². The van der Waals surface area contributed by atoms with Crippen LogP contribution in [-0.4, -0.2) is 18.6 Å². The van der Waals surface area contributed by atoms with Crippen LogP contribution in [0.5, 0.6) is 5.75 Å². The fraction of sp³-hybridized carbons (Fsp3) is 0.462. The molecule has 0 aromatic heterocycles. The molecule has 1 atom stereocenters. The molecule has 3 heteroatoms. The summed E-state index contributed by atoms with van der Waals surface area (Å²) in [5.41, 5.74) is 1.12. The SMILES string of the molecule is CCNC(=O)C(C)Oc1ccccc1CC. The lowest BCUT2D eigenvalue weighted by Crippen LogP contribution is -2.36. The Balaban J connectivity index is 2.68. The predicted molar refractivity (Wildman–Crippen MR) is 64.6 cm³/mol. The zero-order valence-electron chi connectivity index (χ0n) is 10.1. The molecular formula is C13H19NO2. The van der Waals surface area contributed by atoms with E-state index in [0.29, 0.717) is 6.54 Å². The molecule has 0 radical (unpaired) electrons. The van der Waals surface area contributed by atoms with Gasteiger partial charge >= 0.3 is 0 Å². The fourth-order valence-electron chi connectivity index (χ4n) is 1.47. The van der Waals surface area contributed by atoms with Crippen molar-refractivity contribution in [3.8, 4) is 5.75 Å². The highest BCUT2D eigenvalue weighted by molar-refractivity contribution is 5.80. The molecule has 1 rings (SSSR count). The van der Waals surface area contributed by atoms with Crippen molar-refractivity contribution in [3.05, 3.63) is 29.8 Å². The van der Waals surface area contributed by atoms with Crippen LogP contribution in [0.15, 0.2) is 24.3 Å². The van der Waals surface area contributed by atoms with Gasteiger partial charge in [0.25, 0.3) is 5.91 Å². The molecule has 3 nitrogen and oxygen atoms in total. The summed E-state index contributed by atoms with van der Waals surface area (Å²) in [6, 6.07) is 7.80. The lowest BCUT2D eigenvalue weighted by Gasteiger charge is -2.16. The van der Waals surface area contributed by atoms with Gasteiger partial charge in [-0.25, -0.2) is 0 Å². The Labute approximate surface area is 96.8 Å². The van der Waals surface area contributed by atoms with Crippen LogP contribution in [0.25, 0.3) is 0 Å². The second kappa shape index (κ2) is 6.16. The summed E-state index contributed by atoms with van der Waals surface area (Å²) in [6.45, 7) is 6.35. The van der Waals surface area contributed by atoms with E-state index in [-0.39, 0.29) is 5.91 Å². The lowest BCUT2D eigenvalue weighted by atomic mass is 10.1. The summed E-state index contributed by atoms with van der Waals surface area (Å²) in [4.78, 5) is 11.5. The molecule has 0 bridgehead atoms. The first-order valence-electron chi connectivity index (χ1n) is 5.71. The molecule has 1 aromatic carbocycles. The molecule has 0 saturated carbocycles. The zero-order valence-corrected chi connectivity index (χ0v) is 10.1. The number of carbonyl (C=O) groups excluding carboxylic acids is 1. The van der Waals surface area contributed by atoms with Gasteiger partial charge in [-0.15, -0.1) is 0 Å². The minimum absolute atomic E-state index is 0.0755. The fourth-order valence-corrected chi connectivity index (χ4v) is 1.47. The van der Waals surface area contributed by atoms with Crippen LogP contribution in [0.4, 0.5) is 0 Å². The van der Waals surface area contributed by atoms with Crippen molar-refractivity contribution in [2.75, 3.05) is 6.54 Å². The van der Waals surface area contributed by atoms with Crippen LogP contribution in [0.1, 0.15) is 26.3 Å². The van der Waals surface area contributed by atoms with Crippen molar-refractivity contribution in [2.24, 2.45) is 0 Å². The summed E-state index contributed by atoms with van der Waals surface area (Å²) in [5.74, 6) is 0.720. The van der Waals surface area contributed by atoms with E-state index in [1.807, 2.05) is 31.2 Å². The number of aryl methyl sites for hydroxylation is 1. The minimum Gasteiger partial charge on any atom is -0.481 e. The summed E-state index contributed by atoms with van der Waals surface area (Å²) in [5, 5.41) is 2.74. The maximum atomic E-state index is 11.5. The van der Waals surface area contributed by atoms with Crippen LogP contribution < -0.4 is 10.1 Å². The standard InChI is InChI=1S/C13H19NO2/c1-4-11-8-6-7-9-12(11)16-10(3)13(15)14-5-2/h6-10H,4-5H2,1-3H3,(H,14,15). The molecule has 0 spiro atoms. The van der Waals surface area contributed by atoms with Gasteiger partial charge < -0.3 is 10.1 Å². The van der Waals surface area contributed by atoms with Gasteiger partial charge in [-0.05, 0) is 31.9 Å². The Morgan fingerprint density at radius 3 is 2.69 bits per heavy atom. The van der Waals surface area contributed by atoms with E-state index in [1.165, 1.54) is 0 Å². The van der Waals surface area contributed by atoms with Crippen LogP contribution in [0, 0.1) is 0 Å². The third-order valence-electron chi connectivity index (χ3n) is 2.38. The van der Waals surface area contributed by atoms with E-state index in [2.05, 4.69) is 12.2 Å². The van der Waals surface area contributed by atoms with Gasteiger partial charge in [0, 0.05) is 6.54 Å². The van der Waals surface area contributed by atoms with Crippen molar-refractivity contribution in [2.45, 2.75) is 33.3 Å². The van der Waals surface area contributed by atoms with Gasteiger partial charge in [-0.3, -0.25) is 4.79 Å². The summed E-state index contributed by atoms with van der Waals surface area (Å²) >= 11 is 0. The number of rotatable bonds is 5. The third-order valence-corrected chi connectivity index (χ3v) is 2.38. The predicted octanol–water partition coefficient (Wildman–Crippen LogP) is 2.15. The van der Waals surface area contributed by atoms with Gasteiger partial charge in [-0.2, -0.15) is 0 Å². The molecule has 0 fully saturated rings. The van der Waals surface area contributed by atoms with Gasteiger partial charge in [0.05, 0.1) is 0 Å². The molecule has 0 aliphatic carbocycles. The molecule has 0 saturated heterocycles. The number of para-hydroxylation sites is 1. The Morgan fingerprint density at radius 2 is 2.06 bits per heavy atom. The Bertz CT molecular complexity index is 350. The number of hydrogen-bond acceptors (Lipinski definition) is 2. The normalized spacial score (nSPS) is 11.9. The second-order valence-corrected chi connectivity index (χ2v) is 3.62. The highest BCUT2D eigenvalue weighted by Gasteiger charge is 2.14. The molecule has 16 heavy (non-hydrogen) atoms. The van der Waals surface area contributed by atoms with Crippen LogP contribution >= 0.6 is 0 Å². The topological polar surface area (TPSA) is 38.3 Å². The Hall–Kier alpha value is -1.51. The van der Waals surface area contributed by atoms with Gasteiger partial charge in [0.15, 0.2) is 6.10 Å². The number of benzene rings is 1. The monoisotopic (exact) mass is 221 g/mol. The molecule has 0 aliphatic heterocycles. The number of ether oxygens (including phenoxy) is 1. The van der Waals surface area contributed by atoms with Gasteiger partial charge in [0.1, 0.15) is 5.75 Å². The van der Waals surface area contributed by atoms with Gasteiger partial charge in [0.2, 0.25) is 0 Å². The van der Waals surface area contributed by atoms with Crippen molar-refractivity contribution in [3.63, 3.8) is 0 Å². The third kappa shape index (κ3) is 3.26. The molecule has 1 amide bonds. The van der Waals surface area contributed by atoms with E-state index >= 15 is 0 Å². The van der Waals surface area contributed by atoms with E-state index in [1.54, 1.807) is 6.92 Å². The second-order valence-electron chi connectivity index (χ2n) is 3.62. The lowest BCUT2D eigenvalue weighted by molar-refractivity contribution is -0.127. The maximum Gasteiger partial charge on any atom is 0.260 e. The largest absolute Gasteiger partial charge is 0.481 e. The van der Waals surface area contributed by atoms with Crippen molar-refractivity contribution in [1.82, 2.24) is 5.32 Å². The first-order chi connectivity index (χ1) is 7.69. The zero-order chi connectivity index (χ0) is 12.0. The quantitative estimate of drug-likeness (QED) is 0.827. The first kappa shape index (κ1) is 12.6. The van der Waals surface area contributed by atoms with E-state index in [9.17, 15) is 4.79 Å². The summed E-state index contributed by atoms with van der Waals surface area (Å²) in [7, 11) is 0. The van der Waals surface area contributed by atoms with Crippen molar-refractivity contribution in [1.29, 1.82) is 0 Å². The Morgan fingerprint density at radius 1 is 1.38 bits per heavy atom. The number of nitrogens with one attached hydrogen (secondary N) is 1. The van der Waals surface area contributed by atoms with E-state index < -0.39 is 6.10 Å². The number of carbonyl (C=O) groups is 1. The smallest absolute Gasteiger partial charge is 0.260 e.